The highest BCUT2D eigenvalue weighted by Crippen LogP contribution is 2.27. The van der Waals surface area contributed by atoms with Crippen LogP contribution in [0, 0.1) is 6.92 Å². The molecule has 4 rings (SSSR count). The number of aromatic nitrogens is 3. The third-order valence-corrected chi connectivity index (χ3v) is 5.53. The molecule has 2 fully saturated rings. The van der Waals surface area contributed by atoms with E-state index in [1.807, 2.05) is 31.0 Å². The topological polar surface area (TPSA) is 54.3 Å². The van der Waals surface area contributed by atoms with Gasteiger partial charge in [-0.3, -0.25) is 4.79 Å². The Morgan fingerprint density at radius 1 is 1.19 bits per heavy atom. The van der Waals surface area contributed by atoms with Gasteiger partial charge in [0, 0.05) is 57.1 Å². The molecule has 1 unspecified atom stereocenters. The van der Waals surface area contributed by atoms with E-state index in [0.29, 0.717) is 5.92 Å². The number of hydrogen-bond donors (Lipinski definition) is 0. The number of nitrogens with zero attached hydrogens (tertiary/aromatic N) is 5. The van der Waals surface area contributed by atoms with Gasteiger partial charge in [-0.15, -0.1) is 0 Å². The first-order valence-electron chi connectivity index (χ1n) is 9.62. The lowest BCUT2D eigenvalue weighted by Crippen LogP contribution is -2.39. The van der Waals surface area contributed by atoms with E-state index < -0.39 is 0 Å². The van der Waals surface area contributed by atoms with Crippen molar-refractivity contribution < 1.29 is 4.79 Å². The summed E-state index contributed by atoms with van der Waals surface area (Å²) >= 11 is 0. The highest BCUT2D eigenvalue weighted by Gasteiger charge is 2.28. The van der Waals surface area contributed by atoms with Gasteiger partial charge in [0.15, 0.2) is 0 Å². The van der Waals surface area contributed by atoms with Crippen LogP contribution >= 0.6 is 0 Å². The van der Waals surface area contributed by atoms with Gasteiger partial charge in [0.05, 0.1) is 5.69 Å². The quantitative estimate of drug-likeness (QED) is 0.851. The summed E-state index contributed by atoms with van der Waals surface area (Å²) in [5.74, 6) is 2.45. The van der Waals surface area contributed by atoms with Gasteiger partial charge >= 0.3 is 0 Å². The van der Waals surface area contributed by atoms with Crippen LogP contribution in [-0.4, -0.2) is 51.5 Å². The van der Waals surface area contributed by atoms with Gasteiger partial charge in [-0.25, -0.2) is 9.97 Å². The minimum atomic E-state index is 0.114. The Bertz CT molecular complexity index is 793. The first kappa shape index (κ1) is 17.1. The number of piperidine rings is 1. The summed E-state index contributed by atoms with van der Waals surface area (Å²) in [7, 11) is 2.04. The van der Waals surface area contributed by atoms with Crippen LogP contribution in [0.4, 0.5) is 5.82 Å². The van der Waals surface area contributed by atoms with E-state index in [0.717, 1.165) is 61.9 Å². The molecule has 0 N–H and O–H groups in total. The molecule has 0 aromatic carbocycles. The molecule has 0 saturated carbocycles. The van der Waals surface area contributed by atoms with E-state index in [4.69, 9.17) is 0 Å². The molecule has 0 radical (unpaired) electrons. The van der Waals surface area contributed by atoms with Gasteiger partial charge in [-0.05, 0) is 44.7 Å². The van der Waals surface area contributed by atoms with Crippen LogP contribution in [0.25, 0.3) is 0 Å². The molecule has 2 aliphatic rings. The van der Waals surface area contributed by atoms with E-state index in [1.54, 1.807) is 6.20 Å². The fourth-order valence-corrected chi connectivity index (χ4v) is 4.24. The number of carbonyl (C=O) groups excluding carboxylic acids is 1. The van der Waals surface area contributed by atoms with Crippen LogP contribution in [0.5, 0.6) is 0 Å². The molecule has 6 nitrogen and oxygen atoms in total. The Kier molecular flexibility index (Phi) is 4.66. The second kappa shape index (κ2) is 7.09. The monoisotopic (exact) mass is 353 g/mol. The van der Waals surface area contributed by atoms with E-state index in [-0.39, 0.29) is 5.91 Å². The number of imidazole rings is 1. The van der Waals surface area contributed by atoms with Gasteiger partial charge in [0.25, 0.3) is 5.91 Å². The lowest BCUT2D eigenvalue weighted by atomic mass is 9.96. The first-order valence-corrected chi connectivity index (χ1v) is 9.62. The molecule has 0 spiro atoms. The highest BCUT2D eigenvalue weighted by molar-refractivity contribution is 5.95. The van der Waals surface area contributed by atoms with Crippen molar-refractivity contribution >= 4 is 11.7 Å². The van der Waals surface area contributed by atoms with Gasteiger partial charge in [-0.1, -0.05) is 0 Å². The molecular weight excluding hydrogens is 326 g/mol. The molecule has 6 heteroatoms. The largest absolute Gasteiger partial charge is 0.357 e. The van der Waals surface area contributed by atoms with Crippen molar-refractivity contribution in [3.8, 4) is 0 Å². The maximum atomic E-state index is 13.1. The number of aryl methyl sites for hydroxylation is 2. The second-order valence-electron chi connectivity index (χ2n) is 7.54. The van der Waals surface area contributed by atoms with Crippen molar-refractivity contribution in [2.75, 3.05) is 31.1 Å². The number of hydrogen-bond acceptors (Lipinski definition) is 4. The number of carbonyl (C=O) groups is 1. The van der Waals surface area contributed by atoms with Crippen LogP contribution < -0.4 is 4.90 Å². The summed E-state index contributed by atoms with van der Waals surface area (Å²) in [6.45, 7) is 5.65. The van der Waals surface area contributed by atoms with Crippen LogP contribution in [0.15, 0.2) is 24.5 Å². The van der Waals surface area contributed by atoms with E-state index >= 15 is 0 Å². The lowest BCUT2D eigenvalue weighted by molar-refractivity contribution is 0.0703. The Morgan fingerprint density at radius 3 is 2.73 bits per heavy atom. The number of pyridine rings is 1. The Hall–Kier alpha value is -2.37. The smallest absolute Gasteiger partial charge is 0.254 e. The van der Waals surface area contributed by atoms with Gasteiger partial charge in [-0.2, -0.15) is 0 Å². The maximum absolute atomic E-state index is 13.1. The predicted octanol–water partition coefficient (Wildman–Crippen LogP) is 2.74. The average Bonchev–Trinajstić information content (AvgIpc) is 3.31. The van der Waals surface area contributed by atoms with Crippen LogP contribution in [0.2, 0.25) is 0 Å². The van der Waals surface area contributed by atoms with Crippen molar-refractivity contribution in [3.63, 3.8) is 0 Å². The molecule has 4 heterocycles. The van der Waals surface area contributed by atoms with Gasteiger partial charge in [0.2, 0.25) is 0 Å². The Morgan fingerprint density at radius 2 is 2.00 bits per heavy atom. The third-order valence-electron chi connectivity index (χ3n) is 5.53. The zero-order valence-electron chi connectivity index (χ0n) is 15.7. The van der Waals surface area contributed by atoms with Crippen LogP contribution in [0.3, 0.4) is 0 Å². The fourth-order valence-electron chi connectivity index (χ4n) is 4.24. The summed E-state index contributed by atoms with van der Waals surface area (Å²) < 4.78 is 2.10. The molecule has 2 aromatic rings. The highest BCUT2D eigenvalue weighted by atomic mass is 16.2. The molecule has 0 bridgehead atoms. The minimum absolute atomic E-state index is 0.114. The summed E-state index contributed by atoms with van der Waals surface area (Å²) in [5.41, 5.74) is 1.79. The molecule has 1 amide bonds. The van der Waals surface area contributed by atoms with E-state index in [2.05, 4.69) is 25.6 Å². The van der Waals surface area contributed by atoms with E-state index in [1.165, 1.54) is 12.8 Å². The summed E-state index contributed by atoms with van der Waals surface area (Å²) in [5, 5.41) is 0. The van der Waals surface area contributed by atoms with Crippen molar-refractivity contribution in [1.29, 1.82) is 0 Å². The number of amides is 1. The minimum Gasteiger partial charge on any atom is -0.357 e. The Labute approximate surface area is 154 Å². The van der Waals surface area contributed by atoms with Crippen LogP contribution in [0.1, 0.15) is 53.5 Å². The number of rotatable bonds is 3. The van der Waals surface area contributed by atoms with Crippen LogP contribution in [-0.2, 0) is 7.05 Å². The first-order chi connectivity index (χ1) is 12.6. The normalized spacial score (nSPS) is 20.6. The van der Waals surface area contributed by atoms with Crippen molar-refractivity contribution in [1.82, 2.24) is 19.4 Å². The summed E-state index contributed by atoms with van der Waals surface area (Å²) in [6, 6.07) is 3.80. The maximum Gasteiger partial charge on any atom is 0.254 e. The van der Waals surface area contributed by atoms with Crippen molar-refractivity contribution in [2.24, 2.45) is 7.05 Å². The van der Waals surface area contributed by atoms with Gasteiger partial charge in [0.1, 0.15) is 11.6 Å². The summed E-state index contributed by atoms with van der Waals surface area (Å²) in [6.07, 6.45) is 8.34. The standard InChI is InChI=1S/C20H27N5O/c1-15-13-23(2)19(22-15)17-6-5-11-25(14-17)20(26)16-7-8-21-18(12-16)24-9-3-4-10-24/h7-8,12-13,17H,3-6,9-11,14H2,1-2H3. The van der Waals surface area contributed by atoms with E-state index in [9.17, 15) is 4.79 Å². The SMILES string of the molecule is Cc1cn(C)c(C2CCCN(C(=O)c3ccnc(N4CCCC4)c3)C2)n1. The molecular formula is C20H27N5O. The molecule has 2 aliphatic heterocycles. The third kappa shape index (κ3) is 3.32. The zero-order chi connectivity index (χ0) is 18.1. The van der Waals surface area contributed by atoms with Crippen molar-refractivity contribution in [2.45, 2.75) is 38.5 Å². The molecule has 26 heavy (non-hydrogen) atoms. The molecule has 2 saturated heterocycles. The average molecular weight is 353 g/mol. The zero-order valence-corrected chi connectivity index (χ0v) is 15.7. The Balaban J connectivity index is 1.51. The number of likely N-dealkylation sites (tertiary alicyclic amines) is 1. The molecule has 2 aromatic heterocycles. The molecule has 138 valence electrons. The number of anilines is 1. The molecule has 1 atom stereocenters. The fraction of sp³-hybridized carbons (Fsp3) is 0.550. The lowest BCUT2D eigenvalue weighted by Gasteiger charge is -2.32. The van der Waals surface area contributed by atoms with Gasteiger partial charge < -0.3 is 14.4 Å². The predicted molar refractivity (Wildman–Crippen MR) is 102 cm³/mol. The van der Waals surface area contributed by atoms with Crippen molar-refractivity contribution in [3.05, 3.63) is 41.6 Å². The second-order valence-corrected chi connectivity index (χ2v) is 7.54. The summed E-state index contributed by atoms with van der Waals surface area (Å²) in [4.78, 5) is 26.5. The molecule has 0 aliphatic carbocycles.